The Bertz CT molecular complexity index is 575. The summed E-state index contributed by atoms with van der Waals surface area (Å²) in [5.41, 5.74) is 5.10. The maximum absolute atomic E-state index is 5.94. The number of fused-ring (bicyclic) bond motifs is 1. The number of hydrazine groups is 1. The lowest BCUT2D eigenvalue weighted by Gasteiger charge is -2.15. The Kier molecular flexibility index (Phi) is 4.34. The first-order valence-corrected chi connectivity index (χ1v) is 8.39. The van der Waals surface area contributed by atoms with Gasteiger partial charge in [0.25, 0.3) is 0 Å². The minimum atomic E-state index is 0.0910. The normalized spacial score (nSPS) is 17.9. The molecule has 1 fully saturated rings. The van der Waals surface area contributed by atoms with Gasteiger partial charge in [0, 0.05) is 16.4 Å². The number of furan rings is 1. The first-order chi connectivity index (χ1) is 9.76. The summed E-state index contributed by atoms with van der Waals surface area (Å²) < 4.78 is 5.94. The van der Waals surface area contributed by atoms with E-state index < -0.39 is 0 Å². The molecule has 20 heavy (non-hydrogen) atoms. The van der Waals surface area contributed by atoms with Crippen LogP contribution in [0.1, 0.15) is 43.0 Å². The Balaban J connectivity index is 1.72. The lowest BCUT2D eigenvalue weighted by Crippen LogP contribution is -2.29. The monoisotopic (exact) mass is 290 g/mol. The van der Waals surface area contributed by atoms with Crippen LogP contribution >= 0.6 is 11.8 Å². The molecule has 1 aliphatic rings. The third kappa shape index (κ3) is 3.03. The fraction of sp³-hybridized carbons (Fsp3) is 0.500. The molecule has 1 heterocycles. The second kappa shape index (κ2) is 6.20. The lowest BCUT2D eigenvalue weighted by atomic mass is 10.1. The molecule has 3 N–H and O–H groups in total. The SMILES string of the molecule is Cc1ccc2oc(C(CSC3CCCC3)NN)cc2c1. The van der Waals surface area contributed by atoms with E-state index in [1.165, 1.54) is 31.2 Å². The summed E-state index contributed by atoms with van der Waals surface area (Å²) >= 11 is 2.02. The smallest absolute Gasteiger partial charge is 0.134 e. The summed E-state index contributed by atoms with van der Waals surface area (Å²) in [6, 6.07) is 8.47. The van der Waals surface area contributed by atoms with Crippen molar-refractivity contribution in [2.45, 2.75) is 43.9 Å². The summed E-state index contributed by atoms with van der Waals surface area (Å²) in [6.07, 6.45) is 5.45. The number of hydrogen-bond donors (Lipinski definition) is 2. The van der Waals surface area contributed by atoms with Gasteiger partial charge in [-0.1, -0.05) is 24.5 Å². The zero-order valence-corrected chi connectivity index (χ0v) is 12.7. The quantitative estimate of drug-likeness (QED) is 0.647. The van der Waals surface area contributed by atoms with E-state index in [1.807, 2.05) is 17.8 Å². The molecular weight excluding hydrogens is 268 g/mol. The standard InChI is InChI=1S/C16H22N2OS/c1-11-6-7-15-12(8-11)9-16(19-15)14(18-17)10-20-13-4-2-3-5-13/h6-9,13-14,18H,2-5,10,17H2,1H3. The predicted octanol–water partition coefficient (Wildman–Crippen LogP) is 3.92. The van der Waals surface area contributed by atoms with E-state index in [0.717, 1.165) is 27.7 Å². The van der Waals surface area contributed by atoms with Crippen LogP contribution in [0.4, 0.5) is 0 Å². The predicted molar refractivity (Wildman–Crippen MR) is 85.7 cm³/mol. The molecule has 0 bridgehead atoms. The van der Waals surface area contributed by atoms with Crippen LogP contribution in [0, 0.1) is 6.92 Å². The van der Waals surface area contributed by atoms with Crippen molar-refractivity contribution in [1.29, 1.82) is 0 Å². The number of benzene rings is 1. The molecule has 1 aliphatic carbocycles. The molecule has 1 aromatic carbocycles. The molecule has 1 aromatic heterocycles. The summed E-state index contributed by atoms with van der Waals surface area (Å²) in [4.78, 5) is 0. The maximum Gasteiger partial charge on any atom is 0.134 e. The Labute approximate surface area is 124 Å². The van der Waals surface area contributed by atoms with E-state index in [4.69, 9.17) is 10.3 Å². The van der Waals surface area contributed by atoms with Crippen LogP contribution in [0.25, 0.3) is 11.0 Å². The highest BCUT2D eigenvalue weighted by Gasteiger charge is 2.20. The largest absolute Gasteiger partial charge is 0.459 e. The highest BCUT2D eigenvalue weighted by Crippen LogP contribution is 2.33. The van der Waals surface area contributed by atoms with Gasteiger partial charge in [-0.2, -0.15) is 11.8 Å². The van der Waals surface area contributed by atoms with Gasteiger partial charge < -0.3 is 4.42 Å². The first kappa shape index (κ1) is 14.0. The Morgan fingerprint density at radius 3 is 2.90 bits per heavy atom. The minimum Gasteiger partial charge on any atom is -0.459 e. The second-order valence-electron chi connectivity index (χ2n) is 5.65. The minimum absolute atomic E-state index is 0.0910. The number of nitrogens with one attached hydrogen (secondary N) is 1. The van der Waals surface area contributed by atoms with Crippen LogP contribution in [0.3, 0.4) is 0 Å². The summed E-state index contributed by atoms with van der Waals surface area (Å²) in [7, 11) is 0. The number of thioether (sulfide) groups is 1. The lowest BCUT2D eigenvalue weighted by molar-refractivity contribution is 0.463. The Hall–Kier alpha value is -0.970. The number of rotatable bonds is 5. The van der Waals surface area contributed by atoms with Gasteiger partial charge in [0.15, 0.2) is 0 Å². The van der Waals surface area contributed by atoms with E-state index in [2.05, 4.69) is 30.5 Å². The molecule has 0 amide bonds. The van der Waals surface area contributed by atoms with Crippen molar-refractivity contribution in [1.82, 2.24) is 5.43 Å². The first-order valence-electron chi connectivity index (χ1n) is 7.34. The van der Waals surface area contributed by atoms with Crippen molar-refractivity contribution < 1.29 is 4.42 Å². The van der Waals surface area contributed by atoms with Crippen LogP contribution in [0.5, 0.6) is 0 Å². The molecule has 4 heteroatoms. The van der Waals surface area contributed by atoms with Crippen molar-refractivity contribution in [3.8, 4) is 0 Å². The Morgan fingerprint density at radius 2 is 2.15 bits per heavy atom. The van der Waals surface area contributed by atoms with Gasteiger partial charge in [0.1, 0.15) is 11.3 Å². The zero-order valence-electron chi connectivity index (χ0n) is 11.9. The molecular formula is C16H22N2OS. The summed E-state index contributed by atoms with van der Waals surface area (Å²) in [6.45, 7) is 2.10. The van der Waals surface area contributed by atoms with E-state index in [-0.39, 0.29) is 6.04 Å². The van der Waals surface area contributed by atoms with Gasteiger partial charge in [0.2, 0.25) is 0 Å². The van der Waals surface area contributed by atoms with Crippen molar-refractivity contribution in [3.05, 3.63) is 35.6 Å². The van der Waals surface area contributed by atoms with Crippen LogP contribution in [0.15, 0.2) is 28.7 Å². The average Bonchev–Trinajstić information content (AvgIpc) is 3.08. The third-order valence-corrected chi connectivity index (χ3v) is 5.50. The molecule has 1 atom stereocenters. The highest BCUT2D eigenvalue weighted by atomic mass is 32.2. The van der Waals surface area contributed by atoms with Crippen molar-refractivity contribution in [2.75, 3.05) is 5.75 Å². The summed E-state index contributed by atoms with van der Waals surface area (Å²) in [5, 5.41) is 1.96. The van der Waals surface area contributed by atoms with Gasteiger partial charge in [0.05, 0.1) is 6.04 Å². The fourth-order valence-electron chi connectivity index (χ4n) is 2.85. The van der Waals surface area contributed by atoms with Crippen LogP contribution in [0.2, 0.25) is 0 Å². The molecule has 108 valence electrons. The fourth-order valence-corrected chi connectivity index (χ4v) is 4.25. The molecule has 0 radical (unpaired) electrons. The molecule has 3 rings (SSSR count). The highest BCUT2D eigenvalue weighted by molar-refractivity contribution is 7.99. The summed E-state index contributed by atoms with van der Waals surface area (Å²) in [5.74, 6) is 7.63. The topological polar surface area (TPSA) is 51.2 Å². The zero-order chi connectivity index (χ0) is 13.9. The van der Waals surface area contributed by atoms with Crippen LogP contribution < -0.4 is 11.3 Å². The maximum atomic E-state index is 5.94. The van der Waals surface area contributed by atoms with Gasteiger partial charge in [-0.15, -0.1) is 0 Å². The Morgan fingerprint density at radius 1 is 1.35 bits per heavy atom. The number of hydrogen-bond acceptors (Lipinski definition) is 4. The van der Waals surface area contributed by atoms with E-state index in [0.29, 0.717) is 0 Å². The molecule has 1 unspecified atom stereocenters. The third-order valence-electron chi connectivity index (χ3n) is 4.04. The van der Waals surface area contributed by atoms with E-state index in [1.54, 1.807) is 0 Å². The molecule has 1 saturated carbocycles. The molecule has 0 saturated heterocycles. The van der Waals surface area contributed by atoms with Crippen molar-refractivity contribution in [2.24, 2.45) is 5.84 Å². The average molecular weight is 290 g/mol. The second-order valence-corrected chi connectivity index (χ2v) is 6.98. The van der Waals surface area contributed by atoms with Crippen molar-refractivity contribution >= 4 is 22.7 Å². The van der Waals surface area contributed by atoms with Gasteiger partial charge in [-0.25, -0.2) is 5.43 Å². The van der Waals surface area contributed by atoms with Gasteiger partial charge in [-0.05, 0) is 38.0 Å². The molecule has 0 spiro atoms. The number of nitrogens with two attached hydrogens (primary N) is 1. The van der Waals surface area contributed by atoms with Crippen molar-refractivity contribution in [3.63, 3.8) is 0 Å². The molecule has 0 aliphatic heterocycles. The van der Waals surface area contributed by atoms with Gasteiger partial charge >= 0.3 is 0 Å². The number of aryl methyl sites for hydroxylation is 1. The molecule has 2 aromatic rings. The van der Waals surface area contributed by atoms with E-state index in [9.17, 15) is 0 Å². The van der Waals surface area contributed by atoms with E-state index >= 15 is 0 Å². The van der Waals surface area contributed by atoms with Gasteiger partial charge in [-0.3, -0.25) is 5.84 Å². The van der Waals surface area contributed by atoms with Crippen LogP contribution in [-0.2, 0) is 0 Å². The molecule has 3 nitrogen and oxygen atoms in total. The van der Waals surface area contributed by atoms with Crippen LogP contribution in [-0.4, -0.2) is 11.0 Å².